The van der Waals surface area contributed by atoms with Gasteiger partial charge in [0, 0.05) is 17.6 Å². The lowest BCUT2D eigenvalue weighted by molar-refractivity contribution is -0.114. The van der Waals surface area contributed by atoms with E-state index in [1.54, 1.807) is 6.20 Å². The van der Waals surface area contributed by atoms with E-state index in [0.29, 0.717) is 5.82 Å². The van der Waals surface area contributed by atoms with Gasteiger partial charge in [-0.2, -0.15) is 10.0 Å². The summed E-state index contributed by atoms with van der Waals surface area (Å²) in [6.45, 7) is 3.42. The van der Waals surface area contributed by atoms with Crippen LogP contribution in [-0.2, 0) is 4.79 Å². The Morgan fingerprint density at radius 1 is 1.44 bits per heavy atom. The molecule has 0 radical (unpaired) electrons. The van der Waals surface area contributed by atoms with Crippen LogP contribution in [0.15, 0.2) is 10.7 Å². The molecule has 1 aromatic heterocycles. The normalized spacial score (nSPS) is 11.4. The average Bonchev–Trinajstić information content (AvgIpc) is 2.21. The molecule has 1 rings (SSSR count). The maximum Gasteiger partial charge on any atom is 0.222 e. The van der Waals surface area contributed by atoms with Crippen LogP contribution >= 0.6 is 26.0 Å². The SMILES string of the molecule is CC(=O)Nc1ncc(Br)c(C)c1C#CS(C)(C)C. The maximum atomic E-state index is 11.2. The third kappa shape index (κ3) is 4.35. The maximum absolute atomic E-state index is 11.2. The molecule has 0 aliphatic heterocycles. The summed E-state index contributed by atoms with van der Waals surface area (Å²) >= 11 is 3.43. The molecule has 5 heteroatoms. The van der Waals surface area contributed by atoms with Gasteiger partial charge in [-0.15, -0.1) is 0 Å². The molecule has 1 heterocycles. The van der Waals surface area contributed by atoms with Gasteiger partial charge < -0.3 is 5.32 Å². The molecule has 98 valence electrons. The molecule has 0 saturated carbocycles. The third-order valence-electron chi connectivity index (χ3n) is 2.05. The molecule has 0 bridgehead atoms. The van der Waals surface area contributed by atoms with Crippen molar-refractivity contribution in [3.8, 4) is 11.2 Å². The molecule has 1 amide bonds. The van der Waals surface area contributed by atoms with E-state index in [1.807, 2.05) is 6.92 Å². The van der Waals surface area contributed by atoms with Gasteiger partial charge in [-0.05, 0) is 52.4 Å². The highest BCUT2D eigenvalue weighted by Crippen LogP contribution is 2.33. The average molecular weight is 329 g/mol. The first kappa shape index (κ1) is 15.1. The molecule has 3 nitrogen and oxygen atoms in total. The van der Waals surface area contributed by atoms with Crippen LogP contribution in [0, 0.1) is 18.1 Å². The number of pyridine rings is 1. The number of rotatable bonds is 1. The summed E-state index contributed by atoms with van der Waals surface area (Å²) in [5, 5.41) is 5.95. The van der Waals surface area contributed by atoms with E-state index in [-0.39, 0.29) is 5.91 Å². The van der Waals surface area contributed by atoms with Gasteiger partial charge in [0.15, 0.2) is 0 Å². The molecule has 0 aliphatic rings. The van der Waals surface area contributed by atoms with Gasteiger partial charge in [-0.1, -0.05) is 5.92 Å². The minimum Gasteiger partial charge on any atom is -0.310 e. The van der Waals surface area contributed by atoms with Crippen LogP contribution in [-0.4, -0.2) is 29.7 Å². The van der Waals surface area contributed by atoms with Crippen molar-refractivity contribution in [2.75, 3.05) is 24.1 Å². The first-order valence-corrected chi connectivity index (χ1v) is 8.99. The number of nitrogens with one attached hydrogen (secondary N) is 1. The second-order valence-electron chi connectivity index (χ2n) is 4.70. The lowest BCUT2D eigenvalue weighted by Gasteiger charge is -2.15. The fourth-order valence-corrected chi connectivity index (χ4v) is 1.91. The Kier molecular flexibility index (Phi) is 4.83. The predicted octanol–water partition coefficient (Wildman–Crippen LogP) is 3.11. The molecule has 0 fully saturated rings. The quantitative estimate of drug-likeness (QED) is 0.805. The highest BCUT2D eigenvalue weighted by atomic mass is 79.9. The number of aromatic nitrogens is 1. The monoisotopic (exact) mass is 328 g/mol. The summed E-state index contributed by atoms with van der Waals surface area (Å²) in [7, 11) is -0.914. The first-order chi connectivity index (χ1) is 8.20. The lowest BCUT2D eigenvalue weighted by atomic mass is 10.1. The number of halogens is 1. The molecule has 0 atom stereocenters. The van der Waals surface area contributed by atoms with Gasteiger partial charge >= 0.3 is 0 Å². The highest BCUT2D eigenvalue weighted by Gasteiger charge is 2.10. The van der Waals surface area contributed by atoms with E-state index in [2.05, 4.69) is 56.2 Å². The standard InChI is InChI=1S/C13H17BrN2OS/c1-9-11(6-7-18(3,4)5)13(16-10(2)17)15-8-12(9)14/h8H,1-5H3,(H,15,16,17). The fraction of sp³-hybridized carbons (Fsp3) is 0.385. The van der Waals surface area contributed by atoms with E-state index in [9.17, 15) is 4.79 Å². The van der Waals surface area contributed by atoms with Crippen LogP contribution in [0.25, 0.3) is 0 Å². The Labute approximate surface area is 118 Å². The van der Waals surface area contributed by atoms with E-state index >= 15 is 0 Å². The van der Waals surface area contributed by atoms with Crippen LogP contribution in [0.5, 0.6) is 0 Å². The Morgan fingerprint density at radius 3 is 2.56 bits per heavy atom. The lowest BCUT2D eigenvalue weighted by Crippen LogP contribution is -2.10. The smallest absolute Gasteiger partial charge is 0.222 e. The Hall–Kier alpha value is -0.990. The first-order valence-electron chi connectivity index (χ1n) is 5.34. The molecule has 18 heavy (non-hydrogen) atoms. The van der Waals surface area contributed by atoms with E-state index in [0.717, 1.165) is 15.6 Å². The molecule has 1 aromatic rings. The van der Waals surface area contributed by atoms with Gasteiger partial charge in [0.2, 0.25) is 5.91 Å². The zero-order valence-electron chi connectivity index (χ0n) is 11.2. The summed E-state index contributed by atoms with van der Waals surface area (Å²) < 4.78 is 0.893. The molecular weight excluding hydrogens is 312 g/mol. The van der Waals surface area contributed by atoms with Gasteiger partial charge in [0.25, 0.3) is 0 Å². The molecule has 0 aromatic carbocycles. The van der Waals surface area contributed by atoms with Crippen LogP contribution in [0.3, 0.4) is 0 Å². The number of carbonyl (C=O) groups excluding carboxylic acids is 1. The minimum absolute atomic E-state index is 0.143. The molecule has 0 aliphatic carbocycles. The summed E-state index contributed by atoms with van der Waals surface area (Å²) in [6, 6.07) is 0. The zero-order valence-corrected chi connectivity index (χ0v) is 13.6. The van der Waals surface area contributed by atoms with Gasteiger partial charge in [0.05, 0.1) is 5.56 Å². The van der Waals surface area contributed by atoms with E-state index < -0.39 is 10.0 Å². The van der Waals surface area contributed by atoms with E-state index in [4.69, 9.17) is 0 Å². The molecule has 1 N–H and O–H groups in total. The number of hydrogen-bond donors (Lipinski definition) is 1. The number of nitrogens with zero attached hydrogens (tertiary/aromatic N) is 1. The van der Waals surface area contributed by atoms with E-state index in [1.165, 1.54) is 6.92 Å². The molecule has 0 spiro atoms. The Balaban J connectivity index is 3.32. The number of carbonyl (C=O) groups is 1. The van der Waals surface area contributed by atoms with Crippen molar-refractivity contribution >= 4 is 37.7 Å². The topological polar surface area (TPSA) is 42.0 Å². The Bertz CT molecular complexity index is 538. The summed E-state index contributed by atoms with van der Waals surface area (Å²) in [5.74, 6) is 3.53. The minimum atomic E-state index is -0.914. The number of hydrogen-bond acceptors (Lipinski definition) is 2. The van der Waals surface area contributed by atoms with Crippen molar-refractivity contribution in [1.82, 2.24) is 4.98 Å². The van der Waals surface area contributed by atoms with Crippen LogP contribution < -0.4 is 5.32 Å². The second-order valence-corrected chi connectivity index (χ2v) is 9.43. The largest absolute Gasteiger partial charge is 0.310 e. The Morgan fingerprint density at radius 2 is 2.06 bits per heavy atom. The molecule has 0 saturated heterocycles. The van der Waals surface area contributed by atoms with Gasteiger partial charge in [-0.25, -0.2) is 4.98 Å². The van der Waals surface area contributed by atoms with Crippen molar-refractivity contribution in [1.29, 1.82) is 0 Å². The van der Waals surface area contributed by atoms with Crippen molar-refractivity contribution < 1.29 is 4.79 Å². The predicted molar refractivity (Wildman–Crippen MR) is 83.2 cm³/mol. The van der Waals surface area contributed by atoms with Crippen LogP contribution in [0.4, 0.5) is 5.82 Å². The van der Waals surface area contributed by atoms with Crippen molar-refractivity contribution in [2.24, 2.45) is 0 Å². The van der Waals surface area contributed by atoms with Crippen LogP contribution in [0.2, 0.25) is 0 Å². The fourth-order valence-electron chi connectivity index (χ4n) is 1.20. The van der Waals surface area contributed by atoms with Crippen molar-refractivity contribution in [3.63, 3.8) is 0 Å². The summed E-state index contributed by atoms with van der Waals surface area (Å²) in [6.07, 6.45) is 8.05. The van der Waals surface area contributed by atoms with Crippen molar-refractivity contribution in [3.05, 3.63) is 21.8 Å². The number of amides is 1. The summed E-state index contributed by atoms with van der Waals surface area (Å²) in [5.41, 5.74) is 1.77. The third-order valence-corrected chi connectivity index (χ3v) is 3.57. The number of anilines is 1. The van der Waals surface area contributed by atoms with Gasteiger partial charge in [-0.3, -0.25) is 4.79 Å². The van der Waals surface area contributed by atoms with Crippen molar-refractivity contribution in [2.45, 2.75) is 13.8 Å². The summed E-state index contributed by atoms with van der Waals surface area (Å²) in [4.78, 5) is 15.4. The zero-order chi connectivity index (χ0) is 13.9. The molecular formula is C13H17BrN2OS. The second kappa shape index (κ2) is 5.77. The van der Waals surface area contributed by atoms with Crippen LogP contribution in [0.1, 0.15) is 18.1 Å². The highest BCUT2D eigenvalue weighted by molar-refractivity contribution is 9.10. The molecule has 0 unspecified atom stereocenters. The van der Waals surface area contributed by atoms with Gasteiger partial charge in [0.1, 0.15) is 5.82 Å².